The zero-order valence-electron chi connectivity index (χ0n) is 18.0. The number of anilines is 1. The second-order valence-electron chi connectivity index (χ2n) is 7.96. The summed E-state index contributed by atoms with van der Waals surface area (Å²) in [6.45, 7) is 2.99. The van der Waals surface area contributed by atoms with Gasteiger partial charge in [-0.25, -0.2) is 0 Å². The third kappa shape index (κ3) is 6.31. The Morgan fingerprint density at radius 1 is 1.17 bits per heavy atom. The molecule has 0 spiro atoms. The summed E-state index contributed by atoms with van der Waals surface area (Å²) in [6, 6.07) is 16.0. The lowest BCUT2D eigenvalue weighted by atomic mass is 9.99. The number of aryl methyl sites for hydroxylation is 1. The van der Waals surface area contributed by atoms with Crippen molar-refractivity contribution in [1.82, 2.24) is 5.32 Å². The minimum Gasteiger partial charge on any atom is -0.388 e. The maximum atomic E-state index is 12.7. The maximum absolute atomic E-state index is 12.7. The molecule has 2 aromatic carbocycles. The van der Waals surface area contributed by atoms with Crippen molar-refractivity contribution >= 4 is 11.6 Å². The van der Waals surface area contributed by atoms with Gasteiger partial charge in [-0.1, -0.05) is 43.2 Å². The molecule has 5 heteroatoms. The van der Waals surface area contributed by atoms with Gasteiger partial charge in [0, 0.05) is 43.6 Å². The Bertz CT molecular complexity index is 794. The molecule has 5 nitrogen and oxygen atoms in total. The van der Waals surface area contributed by atoms with Gasteiger partial charge in [-0.05, 0) is 49.4 Å². The van der Waals surface area contributed by atoms with Crippen molar-refractivity contribution in [1.29, 1.82) is 0 Å². The summed E-state index contributed by atoms with van der Waals surface area (Å²) in [7, 11) is 1.71. The van der Waals surface area contributed by atoms with E-state index in [1.807, 2.05) is 36.4 Å². The van der Waals surface area contributed by atoms with Crippen LogP contribution in [0, 0.1) is 0 Å². The van der Waals surface area contributed by atoms with Crippen LogP contribution in [0.2, 0.25) is 0 Å². The standard InChI is InChI=1S/C25H34N2O3/c1-30-18-17-27-16-7-3-6-12-24(28)22-19-21(13-14-23(22)27)25(29)26-15-8-11-20-9-4-2-5-10-20/h2,4-5,9-10,13-14,19,24,28H,3,6-8,11-12,15-18H2,1H3,(H,26,29). The number of amides is 1. The fourth-order valence-corrected chi connectivity index (χ4v) is 4.02. The molecule has 1 unspecified atom stereocenters. The molecule has 0 fully saturated rings. The molecule has 0 bridgehead atoms. The van der Waals surface area contributed by atoms with Crippen LogP contribution < -0.4 is 10.2 Å². The smallest absolute Gasteiger partial charge is 0.251 e. The third-order valence-electron chi connectivity index (χ3n) is 5.73. The van der Waals surface area contributed by atoms with Crippen molar-refractivity contribution in [3.8, 4) is 0 Å². The summed E-state index contributed by atoms with van der Waals surface area (Å²) in [4.78, 5) is 15.0. The number of methoxy groups -OCH3 is 1. The van der Waals surface area contributed by atoms with Gasteiger partial charge in [0.2, 0.25) is 0 Å². The number of hydrogen-bond donors (Lipinski definition) is 2. The molecule has 1 amide bonds. The Kier molecular flexibility index (Phi) is 8.72. The number of nitrogens with one attached hydrogen (secondary N) is 1. The molecule has 1 atom stereocenters. The zero-order valence-corrected chi connectivity index (χ0v) is 18.0. The van der Waals surface area contributed by atoms with Crippen LogP contribution in [0.15, 0.2) is 48.5 Å². The lowest BCUT2D eigenvalue weighted by Gasteiger charge is -2.28. The van der Waals surface area contributed by atoms with Crippen molar-refractivity contribution in [2.75, 3.05) is 38.3 Å². The number of ether oxygens (including phenoxy) is 1. The van der Waals surface area contributed by atoms with E-state index in [0.717, 1.165) is 62.9 Å². The topological polar surface area (TPSA) is 61.8 Å². The second-order valence-corrected chi connectivity index (χ2v) is 7.96. The highest BCUT2D eigenvalue weighted by atomic mass is 16.5. The van der Waals surface area contributed by atoms with Crippen LogP contribution in [-0.4, -0.2) is 44.4 Å². The molecule has 1 aliphatic heterocycles. The molecular formula is C25H34N2O3. The summed E-state index contributed by atoms with van der Waals surface area (Å²) in [5.41, 5.74) is 3.76. The first kappa shape index (κ1) is 22.3. The van der Waals surface area contributed by atoms with Gasteiger partial charge in [-0.15, -0.1) is 0 Å². The average Bonchev–Trinajstić information content (AvgIpc) is 2.85. The number of aliphatic hydroxyl groups excluding tert-OH is 1. The largest absolute Gasteiger partial charge is 0.388 e. The minimum absolute atomic E-state index is 0.0821. The Balaban J connectivity index is 1.66. The molecule has 0 saturated carbocycles. The van der Waals surface area contributed by atoms with Gasteiger partial charge in [-0.2, -0.15) is 0 Å². The number of hydrogen-bond acceptors (Lipinski definition) is 4. The summed E-state index contributed by atoms with van der Waals surface area (Å²) in [6.07, 6.45) is 5.21. The Morgan fingerprint density at radius 3 is 2.80 bits per heavy atom. The summed E-state index contributed by atoms with van der Waals surface area (Å²) in [5, 5.41) is 13.8. The molecule has 0 aromatic heterocycles. The van der Waals surface area contributed by atoms with Gasteiger partial charge < -0.3 is 20.1 Å². The first-order chi connectivity index (χ1) is 14.7. The molecule has 3 rings (SSSR count). The zero-order chi connectivity index (χ0) is 21.2. The van der Waals surface area contributed by atoms with E-state index in [9.17, 15) is 9.90 Å². The quantitative estimate of drug-likeness (QED) is 0.643. The Morgan fingerprint density at radius 2 is 2.00 bits per heavy atom. The highest BCUT2D eigenvalue weighted by Crippen LogP contribution is 2.32. The molecule has 1 aliphatic rings. The van der Waals surface area contributed by atoms with Crippen LogP contribution in [-0.2, 0) is 11.2 Å². The van der Waals surface area contributed by atoms with Gasteiger partial charge in [0.15, 0.2) is 0 Å². The number of benzene rings is 2. The SMILES string of the molecule is COCCN1CCCCCC(O)c2cc(C(=O)NCCCc3ccccc3)ccc21. The Hall–Kier alpha value is -2.37. The van der Waals surface area contributed by atoms with E-state index < -0.39 is 6.10 Å². The molecule has 1 heterocycles. The third-order valence-corrected chi connectivity index (χ3v) is 5.73. The fourth-order valence-electron chi connectivity index (χ4n) is 4.02. The van der Waals surface area contributed by atoms with E-state index in [-0.39, 0.29) is 5.91 Å². The minimum atomic E-state index is -0.547. The summed E-state index contributed by atoms with van der Waals surface area (Å²) < 4.78 is 5.27. The van der Waals surface area contributed by atoms with E-state index in [1.54, 1.807) is 7.11 Å². The van der Waals surface area contributed by atoms with E-state index in [2.05, 4.69) is 22.3 Å². The van der Waals surface area contributed by atoms with Crippen LogP contribution in [0.3, 0.4) is 0 Å². The molecule has 2 N–H and O–H groups in total. The van der Waals surface area contributed by atoms with Gasteiger partial charge in [0.25, 0.3) is 5.91 Å². The van der Waals surface area contributed by atoms with E-state index in [0.29, 0.717) is 18.7 Å². The first-order valence-corrected chi connectivity index (χ1v) is 11.1. The van der Waals surface area contributed by atoms with Gasteiger partial charge in [0.05, 0.1) is 12.7 Å². The molecule has 162 valence electrons. The van der Waals surface area contributed by atoms with Crippen LogP contribution in [0.5, 0.6) is 0 Å². The fraction of sp³-hybridized carbons (Fsp3) is 0.480. The predicted octanol–water partition coefficient (Wildman–Crippen LogP) is 4.11. The second kappa shape index (κ2) is 11.7. The summed E-state index contributed by atoms with van der Waals surface area (Å²) >= 11 is 0. The molecular weight excluding hydrogens is 376 g/mol. The average molecular weight is 411 g/mol. The van der Waals surface area contributed by atoms with Crippen molar-refractivity contribution in [2.24, 2.45) is 0 Å². The highest BCUT2D eigenvalue weighted by Gasteiger charge is 2.21. The number of carbonyl (C=O) groups is 1. The van der Waals surface area contributed by atoms with Crippen LogP contribution in [0.4, 0.5) is 5.69 Å². The number of rotatable bonds is 8. The Labute approximate surface area is 180 Å². The van der Waals surface area contributed by atoms with Crippen LogP contribution >= 0.6 is 0 Å². The van der Waals surface area contributed by atoms with Crippen LogP contribution in [0.1, 0.15) is 59.7 Å². The molecule has 30 heavy (non-hydrogen) atoms. The number of aliphatic hydroxyl groups is 1. The maximum Gasteiger partial charge on any atom is 0.251 e. The normalized spacial score (nSPS) is 16.9. The molecule has 0 aliphatic carbocycles. The molecule has 2 aromatic rings. The van der Waals surface area contributed by atoms with Gasteiger partial charge in [-0.3, -0.25) is 4.79 Å². The van der Waals surface area contributed by atoms with E-state index in [4.69, 9.17) is 4.74 Å². The van der Waals surface area contributed by atoms with E-state index >= 15 is 0 Å². The van der Waals surface area contributed by atoms with E-state index in [1.165, 1.54) is 5.56 Å². The van der Waals surface area contributed by atoms with Crippen molar-refractivity contribution < 1.29 is 14.6 Å². The molecule has 0 saturated heterocycles. The highest BCUT2D eigenvalue weighted by molar-refractivity contribution is 5.95. The van der Waals surface area contributed by atoms with Gasteiger partial charge in [0.1, 0.15) is 0 Å². The summed E-state index contributed by atoms with van der Waals surface area (Å²) in [5.74, 6) is -0.0821. The monoisotopic (exact) mass is 410 g/mol. The molecule has 0 radical (unpaired) electrons. The number of carbonyl (C=O) groups excluding carboxylic acids is 1. The lowest BCUT2D eigenvalue weighted by molar-refractivity contribution is 0.0953. The van der Waals surface area contributed by atoms with Crippen LogP contribution in [0.25, 0.3) is 0 Å². The van der Waals surface area contributed by atoms with Crippen molar-refractivity contribution in [3.63, 3.8) is 0 Å². The van der Waals surface area contributed by atoms with Crippen molar-refractivity contribution in [2.45, 2.75) is 44.6 Å². The number of nitrogens with zero attached hydrogens (tertiary/aromatic N) is 1. The van der Waals surface area contributed by atoms with Gasteiger partial charge >= 0.3 is 0 Å². The predicted molar refractivity (Wildman–Crippen MR) is 121 cm³/mol. The number of fused-ring (bicyclic) bond motifs is 1. The lowest BCUT2D eigenvalue weighted by Crippen LogP contribution is -2.30. The van der Waals surface area contributed by atoms with Crippen molar-refractivity contribution in [3.05, 3.63) is 65.2 Å². The first-order valence-electron chi connectivity index (χ1n) is 11.1.